The molecule has 166 valence electrons. The molecule has 1 fully saturated rings. The zero-order valence-corrected chi connectivity index (χ0v) is 18.6. The Kier molecular flexibility index (Phi) is 5.99. The molecule has 1 N–H and O–H groups in total. The highest BCUT2D eigenvalue weighted by Gasteiger charge is 2.37. The molecule has 0 aliphatic carbocycles. The van der Waals surface area contributed by atoms with Crippen LogP contribution in [-0.2, 0) is 9.53 Å². The highest BCUT2D eigenvalue weighted by molar-refractivity contribution is 5.99. The molecule has 32 heavy (non-hydrogen) atoms. The van der Waals surface area contributed by atoms with Gasteiger partial charge >= 0.3 is 6.09 Å². The lowest BCUT2D eigenvalue weighted by Crippen LogP contribution is -2.45. The molecule has 7 heteroatoms. The summed E-state index contributed by atoms with van der Waals surface area (Å²) >= 11 is 0. The topological polar surface area (TPSA) is 76.5 Å². The maximum atomic E-state index is 13.2. The standard InChI is InChI=1S/C25H28N4O3/c1-25(2,3)32-24(31)28-16-10-15-21(28)23(30)26-22-20(18-11-6-4-7-12-18)17-29(27-22)19-13-8-5-9-14-19/h4-9,11-14,17,21H,10,15-16H2,1-3H3,(H,26,27,30)/t21-/m1/s1. The van der Waals surface area contributed by atoms with Crippen molar-refractivity contribution in [3.8, 4) is 16.8 Å². The minimum atomic E-state index is -0.615. The number of carbonyl (C=O) groups is 2. The molecule has 0 bridgehead atoms. The van der Waals surface area contributed by atoms with Gasteiger partial charge in [0, 0.05) is 18.3 Å². The van der Waals surface area contributed by atoms with Gasteiger partial charge in [-0.2, -0.15) is 0 Å². The van der Waals surface area contributed by atoms with Crippen LogP contribution in [-0.4, -0.2) is 44.9 Å². The first-order valence-corrected chi connectivity index (χ1v) is 10.8. The first-order valence-electron chi connectivity index (χ1n) is 10.8. The third-order valence-electron chi connectivity index (χ3n) is 5.24. The number of aromatic nitrogens is 2. The Hall–Kier alpha value is -3.61. The molecule has 2 aromatic carbocycles. The first-order chi connectivity index (χ1) is 15.3. The maximum Gasteiger partial charge on any atom is 0.410 e. The van der Waals surface area contributed by atoms with Gasteiger partial charge in [-0.1, -0.05) is 48.5 Å². The third kappa shape index (κ3) is 4.82. The summed E-state index contributed by atoms with van der Waals surface area (Å²) in [7, 11) is 0. The van der Waals surface area contributed by atoms with Crippen molar-refractivity contribution in [2.75, 3.05) is 11.9 Å². The third-order valence-corrected chi connectivity index (χ3v) is 5.24. The SMILES string of the molecule is CC(C)(C)OC(=O)N1CCC[C@@H]1C(=O)Nc1nn(-c2ccccc2)cc1-c1ccccc1. The van der Waals surface area contributed by atoms with Gasteiger partial charge in [0.15, 0.2) is 5.82 Å². The molecule has 2 amide bonds. The van der Waals surface area contributed by atoms with E-state index < -0.39 is 17.7 Å². The summed E-state index contributed by atoms with van der Waals surface area (Å²) in [6, 6.07) is 18.9. The molecule has 1 aliphatic heterocycles. The van der Waals surface area contributed by atoms with Gasteiger partial charge in [0.25, 0.3) is 0 Å². The maximum absolute atomic E-state index is 13.2. The van der Waals surface area contributed by atoms with E-state index in [1.807, 2.05) is 87.6 Å². The van der Waals surface area contributed by atoms with Crippen LogP contribution in [0.25, 0.3) is 16.8 Å². The van der Waals surface area contributed by atoms with Crippen molar-refractivity contribution >= 4 is 17.8 Å². The molecular formula is C25H28N4O3. The largest absolute Gasteiger partial charge is 0.444 e. The number of nitrogens with zero attached hydrogens (tertiary/aromatic N) is 3. The monoisotopic (exact) mass is 432 g/mol. The number of likely N-dealkylation sites (tertiary alicyclic amines) is 1. The van der Waals surface area contributed by atoms with Gasteiger partial charge in [0.05, 0.1) is 5.69 Å². The van der Waals surface area contributed by atoms with Crippen LogP contribution in [0.15, 0.2) is 66.9 Å². The number of nitrogens with one attached hydrogen (secondary N) is 1. The normalized spacial score (nSPS) is 16.1. The van der Waals surface area contributed by atoms with E-state index in [1.165, 1.54) is 4.90 Å². The predicted molar refractivity (Wildman–Crippen MR) is 124 cm³/mol. The molecule has 0 spiro atoms. The van der Waals surface area contributed by atoms with E-state index in [0.29, 0.717) is 18.8 Å². The van der Waals surface area contributed by atoms with Crippen LogP contribution in [0.1, 0.15) is 33.6 Å². The van der Waals surface area contributed by atoms with Gasteiger partial charge in [-0.25, -0.2) is 9.48 Å². The van der Waals surface area contributed by atoms with Crippen LogP contribution in [0.4, 0.5) is 10.6 Å². The van der Waals surface area contributed by atoms with Crippen molar-refractivity contribution in [3.63, 3.8) is 0 Å². The van der Waals surface area contributed by atoms with Crippen LogP contribution in [0.3, 0.4) is 0 Å². The van der Waals surface area contributed by atoms with Crippen molar-refractivity contribution in [1.82, 2.24) is 14.7 Å². The number of para-hydroxylation sites is 1. The van der Waals surface area contributed by atoms with Gasteiger partial charge in [-0.3, -0.25) is 9.69 Å². The lowest BCUT2D eigenvalue weighted by Gasteiger charge is -2.27. The van der Waals surface area contributed by atoms with Gasteiger partial charge < -0.3 is 10.1 Å². The Bertz CT molecular complexity index is 1090. The Morgan fingerprint density at radius 3 is 2.34 bits per heavy atom. The van der Waals surface area contributed by atoms with E-state index in [2.05, 4.69) is 10.4 Å². The summed E-state index contributed by atoms with van der Waals surface area (Å²) in [6.45, 7) is 5.95. The number of benzene rings is 2. The van der Waals surface area contributed by atoms with Crippen LogP contribution in [0.2, 0.25) is 0 Å². The van der Waals surface area contributed by atoms with E-state index in [1.54, 1.807) is 4.68 Å². The zero-order valence-electron chi connectivity index (χ0n) is 18.6. The average Bonchev–Trinajstić information content (AvgIpc) is 3.41. The number of ether oxygens (including phenoxy) is 1. The molecule has 0 saturated carbocycles. The fourth-order valence-electron chi connectivity index (χ4n) is 3.79. The van der Waals surface area contributed by atoms with Crippen molar-refractivity contribution in [2.24, 2.45) is 0 Å². The molecule has 2 heterocycles. The Balaban J connectivity index is 1.61. The summed E-state index contributed by atoms with van der Waals surface area (Å²) in [6.07, 6.45) is 2.78. The van der Waals surface area contributed by atoms with E-state index in [9.17, 15) is 9.59 Å². The molecule has 1 aliphatic rings. The number of hydrogen-bond donors (Lipinski definition) is 1. The second-order valence-corrected chi connectivity index (χ2v) is 8.86. The number of anilines is 1. The van der Waals surface area contributed by atoms with Crippen molar-refractivity contribution < 1.29 is 14.3 Å². The van der Waals surface area contributed by atoms with Gasteiger partial charge in [-0.15, -0.1) is 5.10 Å². The number of hydrogen-bond acceptors (Lipinski definition) is 4. The van der Waals surface area contributed by atoms with Gasteiger partial charge in [-0.05, 0) is 51.3 Å². The number of carbonyl (C=O) groups excluding carboxylic acids is 2. The second kappa shape index (κ2) is 8.86. The molecule has 4 rings (SSSR count). The van der Waals surface area contributed by atoms with Crippen molar-refractivity contribution in [3.05, 3.63) is 66.9 Å². The lowest BCUT2D eigenvalue weighted by molar-refractivity contribution is -0.120. The lowest BCUT2D eigenvalue weighted by atomic mass is 10.1. The minimum Gasteiger partial charge on any atom is -0.444 e. The molecule has 0 radical (unpaired) electrons. The van der Waals surface area contributed by atoms with Crippen LogP contribution >= 0.6 is 0 Å². The fourth-order valence-corrected chi connectivity index (χ4v) is 3.79. The Morgan fingerprint density at radius 2 is 1.69 bits per heavy atom. The molecule has 0 unspecified atom stereocenters. The summed E-state index contributed by atoms with van der Waals surface area (Å²) in [5.41, 5.74) is 2.03. The van der Waals surface area contributed by atoms with Crippen LogP contribution in [0, 0.1) is 0 Å². The highest BCUT2D eigenvalue weighted by atomic mass is 16.6. The molecule has 1 atom stereocenters. The first kappa shape index (κ1) is 21.6. The molecular weight excluding hydrogens is 404 g/mol. The summed E-state index contributed by atoms with van der Waals surface area (Å²) in [5.74, 6) is 0.199. The van der Waals surface area contributed by atoms with E-state index in [-0.39, 0.29) is 5.91 Å². The van der Waals surface area contributed by atoms with Gasteiger partial charge in [0.2, 0.25) is 5.91 Å². The van der Waals surface area contributed by atoms with E-state index in [4.69, 9.17) is 4.74 Å². The Labute approximate surface area is 188 Å². The second-order valence-electron chi connectivity index (χ2n) is 8.86. The van der Waals surface area contributed by atoms with E-state index >= 15 is 0 Å². The summed E-state index contributed by atoms with van der Waals surface area (Å²) in [4.78, 5) is 27.3. The predicted octanol–water partition coefficient (Wildman–Crippen LogP) is 4.88. The van der Waals surface area contributed by atoms with Crippen LogP contribution in [0.5, 0.6) is 0 Å². The molecule has 7 nitrogen and oxygen atoms in total. The zero-order chi connectivity index (χ0) is 22.7. The highest BCUT2D eigenvalue weighted by Crippen LogP contribution is 2.29. The fraction of sp³-hybridized carbons (Fsp3) is 0.320. The number of amides is 2. The Morgan fingerprint density at radius 1 is 1.03 bits per heavy atom. The van der Waals surface area contributed by atoms with Crippen molar-refractivity contribution in [1.29, 1.82) is 0 Å². The smallest absolute Gasteiger partial charge is 0.410 e. The van der Waals surface area contributed by atoms with Crippen molar-refractivity contribution in [2.45, 2.75) is 45.3 Å². The van der Waals surface area contributed by atoms with Crippen LogP contribution < -0.4 is 5.32 Å². The van der Waals surface area contributed by atoms with Gasteiger partial charge in [0.1, 0.15) is 11.6 Å². The summed E-state index contributed by atoms with van der Waals surface area (Å²) in [5, 5.41) is 7.62. The van der Waals surface area contributed by atoms with E-state index in [0.717, 1.165) is 23.2 Å². The number of rotatable bonds is 4. The molecule has 1 saturated heterocycles. The minimum absolute atomic E-state index is 0.260. The quantitative estimate of drug-likeness (QED) is 0.638. The average molecular weight is 433 g/mol. The molecule has 3 aromatic rings. The molecule has 1 aromatic heterocycles. The summed E-state index contributed by atoms with van der Waals surface area (Å²) < 4.78 is 7.24.